The van der Waals surface area contributed by atoms with E-state index in [9.17, 15) is 27.9 Å². The maximum Gasteiger partial charge on any atom is 0.471 e. The van der Waals surface area contributed by atoms with Crippen molar-refractivity contribution >= 4 is 11.9 Å². The summed E-state index contributed by atoms with van der Waals surface area (Å²) in [6.07, 6.45) is -5.37. The van der Waals surface area contributed by atoms with Crippen molar-refractivity contribution < 1.29 is 27.9 Å². The molecule has 0 fully saturated rings. The van der Waals surface area contributed by atoms with Crippen LogP contribution in [0.2, 0.25) is 0 Å². The van der Waals surface area contributed by atoms with Gasteiger partial charge in [-0.2, -0.15) is 13.2 Å². The van der Waals surface area contributed by atoms with Crippen LogP contribution in [0.15, 0.2) is 0 Å². The van der Waals surface area contributed by atoms with Crippen LogP contribution in [-0.4, -0.2) is 24.6 Å². The van der Waals surface area contributed by atoms with Crippen molar-refractivity contribution in [3.8, 4) is 0 Å². The quantitative estimate of drug-likeness (QED) is 0.601. The van der Waals surface area contributed by atoms with E-state index in [1.165, 1.54) is 5.32 Å². The van der Waals surface area contributed by atoms with Crippen LogP contribution in [0.1, 0.15) is 12.8 Å². The van der Waals surface area contributed by atoms with Crippen LogP contribution in [0, 0.1) is 0 Å². The predicted molar refractivity (Wildman–Crippen MR) is 33.3 cm³/mol. The van der Waals surface area contributed by atoms with Gasteiger partial charge in [-0.15, -0.1) is 0 Å². The number of halogens is 3. The molecular formula is C6H7F3NO3-. The standard InChI is InChI=1S/C6H8F3NO3/c7-6(8,9)5(13)10-3-1-2-4(11)12/h1-3H2,(H,10,13)(H,11,12)/p-1. The van der Waals surface area contributed by atoms with Crippen LogP contribution in [0.5, 0.6) is 0 Å². The van der Waals surface area contributed by atoms with Gasteiger partial charge in [-0.05, 0) is 12.8 Å². The number of carboxylic acid groups (broad SMARTS) is 1. The Balaban J connectivity index is 3.55. The molecule has 0 spiro atoms. The molecule has 0 radical (unpaired) electrons. The third-order valence-corrected chi connectivity index (χ3v) is 1.10. The Kier molecular flexibility index (Phi) is 4.22. The molecule has 7 heteroatoms. The van der Waals surface area contributed by atoms with Crippen molar-refractivity contribution in [2.45, 2.75) is 19.0 Å². The first-order valence-corrected chi connectivity index (χ1v) is 3.39. The first-order chi connectivity index (χ1) is 5.84. The molecule has 1 amide bonds. The molecule has 0 atom stereocenters. The summed E-state index contributed by atoms with van der Waals surface area (Å²) in [5, 5.41) is 11.3. The number of rotatable bonds is 4. The van der Waals surface area contributed by atoms with Crippen molar-refractivity contribution in [2.24, 2.45) is 0 Å². The molecule has 1 N–H and O–H groups in total. The lowest BCUT2D eigenvalue weighted by atomic mass is 10.3. The first kappa shape index (κ1) is 11.7. The van der Waals surface area contributed by atoms with Crippen LogP contribution >= 0.6 is 0 Å². The Morgan fingerprint density at radius 3 is 2.23 bits per heavy atom. The Hall–Kier alpha value is -1.27. The highest BCUT2D eigenvalue weighted by Crippen LogP contribution is 2.13. The number of aliphatic carboxylic acids is 1. The molecule has 0 aliphatic rings. The number of carbonyl (C=O) groups excluding carboxylic acids is 2. The summed E-state index contributed by atoms with van der Waals surface area (Å²) < 4.78 is 34.5. The molecule has 0 aliphatic carbocycles. The molecule has 0 aromatic rings. The molecule has 0 bridgehead atoms. The van der Waals surface area contributed by atoms with E-state index in [1.54, 1.807) is 0 Å². The molecule has 0 heterocycles. The highest BCUT2D eigenvalue weighted by atomic mass is 19.4. The molecule has 0 saturated carbocycles. The zero-order valence-corrected chi connectivity index (χ0v) is 6.48. The molecule has 0 unspecified atom stereocenters. The van der Waals surface area contributed by atoms with E-state index in [0.717, 1.165) is 0 Å². The SMILES string of the molecule is O=C([O-])CCCNC(=O)C(F)(F)F. The molecule has 4 nitrogen and oxygen atoms in total. The highest BCUT2D eigenvalue weighted by molar-refractivity contribution is 5.81. The molecule has 13 heavy (non-hydrogen) atoms. The predicted octanol–water partition coefficient (Wildman–Crippen LogP) is -0.805. The van der Waals surface area contributed by atoms with Crippen LogP contribution in [0.3, 0.4) is 0 Å². The number of nitrogens with one attached hydrogen (secondary N) is 1. The van der Waals surface area contributed by atoms with Crippen LogP contribution < -0.4 is 10.4 Å². The molecule has 0 rings (SSSR count). The fourth-order valence-corrected chi connectivity index (χ4v) is 0.535. The smallest absolute Gasteiger partial charge is 0.471 e. The minimum absolute atomic E-state index is 0.0792. The Bertz CT molecular complexity index is 202. The van der Waals surface area contributed by atoms with Gasteiger partial charge in [-0.3, -0.25) is 4.79 Å². The monoisotopic (exact) mass is 198 g/mol. The van der Waals surface area contributed by atoms with Crippen LogP contribution in [0.4, 0.5) is 13.2 Å². The largest absolute Gasteiger partial charge is 0.550 e. The first-order valence-electron chi connectivity index (χ1n) is 3.39. The number of carbonyl (C=O) groups is 2. The zero-order chi connectivity index (χ0) is 10.5. The summed E-state index contributed by atoms with van der Waals surface area (Å²) in [4.78, 5) is 19.9. The highest BCUT2D eigenvalue weighted by Gasteiger charge is 2.38. The molecular weight excluding hydrogens is 191 g/mol. The van der Waals surface area contributed by atoms with E-state index in [4.69, 9.17) is 0 Å². The van der Waals surface area contributed by atoms with Gasteiger partial charge in [0.05, 0.1) is 0 Å². The second kappa shape index (κ2) is 4.68. The third kappa shape index (κ3) is 5.94. The summed E-state index contributed by atoms with van der Waals surface area (Å²) in [6.45, 7) is -0.327. The van der Waals surface area contributed by atoms with E-state index in [-0.39, 0.29) is 19.4 Å². The second-order valence-corrected chi connectivity index (χ2v) is 2.23. The second-order valence-electron chi connectivity index (χ2n) is 2.23. The fourth-order valence-electron chi connectivity index (χ4n) is 0.535. The van der Waals surface area contributed by atoms with E-state index in [1.807, 2.05) is 0 Å². The number of amides is 1. The normalized spacial score (nSPS) is 11.0. The van der Waals surface area contributed by atoms with E-state index in [2.05, 4.69) is 0 Å². The number of hydrogen-bond donors (Lipinski definition) is 1. The van der Waals surface area contributed by atoms with Gasteiger partial charge >= 0.3 is 12.1 Å². The summed E-state index contributed by atoms with van der Waals surface area (Å²) in [5.41, 5.74) is 0. The number of carboxylic acids is 1. The van der Waals surface area contributed by atoms with Crippen molar-refractivity contribution in [3.05, 3.63) is 0 Å². The van der Waals surface area contributed by atoms with E-state index in [0.29, 0.717) is 0 Å². The minimum atomic E-state index is -4.92. The number of hydrogen-bond acceptors (Lipinski definition) is 3. The third-order valence-electron chi connectivity index (χ3n) is 1.10. The number of alkyl halides is 3. The van der Waals surface area contributed by atoms with Crippen LogP contribution in [-0.2, 0) is 9.59 Å². The Morgan fingerprint density at radius 2 is 1.85 bits per heavy atom. The lowest BCUT2D eigenvalue weighted by molar-refractivity contribution is -0.305. The van der Waals surface area contributed by atoms with Gasteiger partial charge in [0.2, 0.25) is 0 Å². The average Bonchev–Trinajstić information content (AvgIpc) is 1.95. The van der Waals surface area contributed by atoms with Gasteiger partial charge in [0, 0.05) is 12.5 Å². The van der Waals surface area contributed by atoms with Crippen molar-refractivity contribution in [2.75, 3.05) is 6.54 Å². The maximum atomic E-state index is 11.5. The van der Waals surface area contributed by atoms with Crippen molar-refractivity contribution in [3.63, 3.8) is 0 Å². The van der Waals surface area contributed by atoms with E-state index < -0.39 is 18.1 Å². The van der Waals surface area contributed by atoms with Gasteiger partial charge in [0.15, 0.2) is 0 Å². The van der Waals surface area contributed by atoms with Gasteiger partial charge < -0.3 is 15.2 Å². The lowest BCUT2D eigenvalue weighted by Crippen LogP contribution is -2.37. The Morgan fingerprint density at radius 1 is 1.31 bits per heavy atom. The molecule has 0 saturated heterocycles. The lowest BCUT2D eigenvalue weighted by Gasteiger charge is -2.07. The summed E-state index contributed by atoms with van der Waals surface area (Å²) in [5.74, 6) is -3.42. The van der Waals surface area contributed by atoms with Gasteiger partial charge in [-0.25, -0.2) is 0 Å². The molecule has 76 valence electrons. The van der Waals surface area contributed by atoms with Crippen LogP contribution in [0.25, 0.3) is 0 Å². The van der Waals surface area contributed by atoms with E-state index >= 15 is 0 Å². The van der Waals surface area contributed by atoms with Gasteiger partial charge in [-0.1, -0.05) is 0 Å². The minimum Gasteiger partial charge on any atom is -0.550 e. The summed E-state index contributed by atoms with van der Waals surface area (Å²) in [6, 6.07) is 0. The van der Waals surface area contributed by atoms with Gasteiger partial charge in [0.1, 0.15) is 0 Å². The molecule has 0 aromatic heterocycles. The van der Waals surface area contributed by atoms with Crippen molar-refractivity contribution in [1.82, 2.24) is 5.32 Å². The summed E-state index contributed by atoms with van der Waals surface area (Å²) in [7, 11) is 0. The maximum absolute atomic E-state index is 11.5. The molecule has 0 aliphatic heterocycles. The van der Waals surface area contributed by atoms with Crippen molar-refractivity contribution in [1.29, 1.82) is 0 Å². The Labute approximate surface area is 71.7 Å². The fraction of sp³-hybridized carbons (Fsp3) is 0.667. The average molecular weight is 198 g/mol. The zero-order valence-electron chi connectivity index (χ0n) is 6.48. The van der Waals surface area contributed by atoms with Gasteiger partial charge in [0.25, 0.3) is 0 Å². The topological polar surface area (TPSA) is 69.2 Å². The summed E-state index contributed by atoms with van der Waals surface area (Å²) >= 11 is 0. The molecule has 0 aromatic carbocycles.